The average Bonchev–Trinajstić information content (AvgIpc) is 3.13. The molecule has 0 radical (unpaired) electrons. The van der Waals surface area contributed by atoms with Crippen molar-refractivity contribution in [2.45, 2.75) is 38.8 Å². The minimum atomic E-state index is -0.164. The van der Waals surface area contributed by atoms with Crippen molar-refractivity contribution in [1.29, 1.82) is 0 Å². The normalized spacial score (nSPS) is 20.6. The molecule has 1 saturated heterocycles. The summed E-state index contributed by atoms with van der Waals surface area (Å²) >= 11 is 0. The Hall–Kier alpha value is -2.00. The van der Waals surface area contributed by atoms with Crippen LogP contribution in [0.4, 0.5) is 10.1 Å². The predicted molar refractivity (Wildman–Crippen MR) is 91.8 cm³/mol. The highest BCUT2D eigenvalue weighted by atomic mass is 19.1. The molecule has 2 heterocycles. The second-order valence-corrected chi connectivity index (χ2v) is 6.67. The molecule has 2 aliphatic rings. The van der Waals surface area contributed by atoms with E-state index >= 15 is 0 Å². The van der Waals surface area contributed by atoms with Gasteiger partial charge in [-0.05, 0) is 55.6 Å². The minimum Gasteiger partial charge on any atom is -0.291 e. The number of halogens is 1. The molecule has 23 heavy (non-hydrogen) atoms. The third kappa shape index (κ3) is 2.93. The van der Waals surface area contributed by atoms with Gasteiger partial charge in [0.25, 0.3) is 0 Å². The summed E-state index contributed by atoms with van der Waals surface area (Å²) in [7, 11) is 0. The number of likely N-dealkylation sites (tertiary alicyclic amines) is 1. The van der Waals surface area contributed by atoms with Gasteiger partial charge in [-0.25, -0.2) is 4.39 Å². The Balaban J connectivity index is 1.53. The van der Waals surface area contributed by atoms with Crippen LogP contribution in [0.3, 0.4) is 0 Å². The fourth-order valence-corrected chi connectivity index (χ4v) is 3.82. The average molecular weight is 308 g/mol. The quantitative estimate of drug-likeness (QED) is 0.819. The van der Waals surface area contributed by atoms with Crippen LogP contribution >= 0.6 is 0 Å². The van der Waals surface area contributed by atoms with E-state index in [9.17, 15) is 4.39 Å². The number of hydrogen-bond donors (Lipinski definition) is 0. The lowest BCUT2D eigenvalue weighted by atomic mass is 10.0. The first-order valence-electron chi connectivity index (χ1n) is 8.34. The molecule has 0 amide bonds. The molecular formula is C20H21FN2. The van der Waals surface area contributed by atoms with Gasteiger partial charge >= 0.3 is 0 Å². The summed E-state index contributed by atoms with van der Waals surface area (Å²) in [6.07, 6.45) is 3.16. The van der Waals surface area contributed by atoms with Gasteiger partial charge in [-0.2, -0.15) is 0 Å². The number of benzene rings is 2. The van der Waals surface area contributed by atoms with Crippen LogP contribution in [0, 0.1) is 12.7 Å². The summed E-state index contributed by atoms with van der Waals surface area (Å²) < 4.78 is 13.4. The fraction of sp³-hybridized carbons (Fsp3) is 0.350. The van der Waals surface area contributed by atoms with Gasteiger partial charge in [-0.1, -0.05) is 29.8 Å². The third-order valence-corrected chi connectivity index (χ3v) is 4.89. The number of fused-ring (bicyclic) bond motifs is 1. The highest BCUT2D eigenvalue weighted by molar-refractivity contribution is 5.98. The first kappa shape index (κ1) is 14.6. The lowest BCUT2D eigenvalue weighted by Gasteiger charge is -2.24. The zero-order valence-electron chi connectivity index (χ0n) is 13.4. The Morgan fingerprint density at radius 1 is 1.22 bits per heavy atom. The Morgan fingerprint density at radius 3 is 3.00 bits per heavy atom. The largest absolute Gasteiger partial charge is 0.291 e. The number of aryl methyl sites for hydroxylation is 1. The van der Waals surface area contributed by atoms with E-state index in [1.807, 2.05) is 0 Å². The maximum Gasteiger partial charge on any atom is 0.123 e. The standard InChI is InChI=1S/C20H21FN2/c1-14-4-2-5-15(10-14)13-23-9-3-6-20(23)19-12-16-11-17(21)7-8-18(16)22-19/h2,4-5,7-8,10-11,20H,3,6,9,12-13H2,1H3. The van der Waals surface area contributed by atoms with Crippen LogP contribution in [0.15, 0.2) is 47.5 Å². The van der Waals surface area contributed by atoms with Crippen molar-refractivity contribution >= 4 is 11.4 Å². The molecule has 0 saturated carbocycles. The van der Waals surface area contributed by atoms with Crippen molar-refractivity contribution in [3.8, 4) is 0 Å². The van der Waals surface area contributed by atoms with E-state index < -0.39 is 0 Å². The smallest absolute Gasteiger partial charge is 0.123 e. The van der Waals surface area contributed by atoms with Crippen LogP contribution in [0.1, 0.15) is 29.5 Å². The van der Waals surface area contributed by atoms with Gasteiger partial charge < -0.3 is 0 Å². The van der Waals surface area contributed by atoms with Gasteiger partial charge in [0.15, 0.2) is 0 Å². The molecule has 2 nitrogen and oxygen atoms in total. The molecule has 3 heteroatoms. The van der Waals surface area contributed by atoms with Gasteiger partial charge in [0.1, 0.15) is 5.82 Å². The maximum atomic E-state index is 13.4. The van der Waals surface area contributed by atoms with Gasteiger partial charge in [0.2, 0.25) is 0 Å². The van der Waals surface area contributed by atoms with Crippen molar-refractivity contribution < 1.29 is 4.39 Å². The van der Waals surface area contributed by atoms with Crippen LogP contribution in [-0.2, 0) is 13.0 Å². The summed E-state index contributed by atoms with van der Waals surface area (Å²) in [4.78, 5) is 7.32. The Labute approximate surface area is 136 Å². The summed E-state index contributed by atoms with van der Waals surface area (Å²) in [5.74, 6) is -0.164. The molecule has 1 atom stereocenters. The summed E-state index contributed by atoms with van der Waals surface area (Å²) in [5, 5.41) is 0. The molecule has 2 aromatic carbocycles. The Bertz CT molecular complexity index is 766. The van der Waals surface area contributed by atoms with E-state index in [0.717, 1.165) is 37.2 Å². The third-order valence-electron chi connectivity index (χ3n) is 4.89. The fourth-order valence-electron chi connectivity index (χ4n) is 3.82. The van der Waals surface area contributed by atoms with Crippen LogP contribution in [-0.4, -0.2) is 23.2 Å². The van der Waals surface area contributed by atoms with Crippen molar-refractivity contribution in [3.63, 3.8) is 0 Å². The van der Waals surface area contributed by atoms with E-state index in [-0.39, 0.29) is 5.82 Å². The highest BCUT2D eigenvalue weighted by Crippen LogP contribution is 2.32. The predicted octanol–water partition coefficient (Wildman–Crippen LogP) is 4.43. The molecule has 2 aliphatic heterocycles. The van der Waals surface area contributed by atoms with E-state index in [0.29, 0.717) is 6.04 Å². The van der Waals surface area contributed by atoms with Crippen LogP contribution in [0.5, 0.6) is 0 Å². The van der Waals surface area contributed by atoms with Crippen LogP contribution < -0.4 is 0 Å². The molecule has 0 spiro atoms. The first-order chi connectivity index (χ1) is 11.2. The molecule has 4 rings (SSSR count). The SMILES string of the molecule is Cc1cccc(CN2CCCC2C2=Nc3ccc(F)cc3C2)c1. The van der Waals surface area contributed by atoms with Gasteiger partial charge in [-0.15, -0.1) is 0 Å². The molecule has 0 N–H and O–H groups in total. The van der Waals surface area contributed by atoms with E-state index in [2.05, 4.69) is 36.1 Å². The maximum absolute atomic E-state index is 13.4. The topological polar surface area (TPSA) is 15.6 Å². The number of aliphatic imine (C=N–C) groups is 1. The van der Waals surface area contributed by atoms with Crippen molar-refractivity contribution in [2.24, 2.45) is 4.99 Å². The van der Waals surface area contributed by atoms with Crippen molar-refractivity contribution in [3.05, 3.63) is 65.0 Å². The zero-order chi connectivity index (χ0) is 15.8. The van der Waals surface area contributed by atoms with Crippen molar-refractivity contribution in [1.82, 2.24) is 4.90 Å². The zero-order valence-corrected chi connectivity index (χ0v) is 13.4. The molecular weight excluding hydrogens is 287 g/mol. The Morgan fingerprint density at radius 2 is 2.13 bits per heavy atom. The number of rotatable bonds is 3. The molecule has 0 aromatic heterocycles. The molecule has 118 valence electrons. The monoisotopic (exact) mass is 308 g/mol. The lowest BCUT2D eigenvalue weighted by Crippen LogP contribution is -2.35. The van der Waals surface area contributed by atoms with Crippen molar-refractivity contribution in [2.75, 3.05) is 6.54 Å². The summed E-state index contributed by atoms with van der Waals surface area (Å²) in [6.45, 7) is 4.22. The number of hydrogen-bond acceptors (Lipinski definition) is 2. The summed E-state index contributed by atoms with van der Waals surface area (Å²) in [5.41, 5.74) is 5.85. The highest BCUT2D eigenvalue weighted by Gasteiger charge is 2.31. The first-order valence-corrected chi connectivity index (χ1v) is 8.34. The second kappa shape index (κ2) is 5.89. The molecule has 2 aromatic rings. The lowest BCUT2D eigenvalue weighted by molar-refractivity contribution is 0.293. The summed E-state index contributed by atoms with van der Waals surface area (Å²) in [6, 6.07) is 14.1. The molecule has 1 fully saturated rings. The van der Waals surface area contributed by atoms with Gasteiger partial charge in [-0.3, -0.25) is 9.89 Å². The molecule has 0 aliphatic carbocycles. The van der Waals surface area contributed by atoms with E-state index in [4.69, 9.17) is 4.99 Å². The Kier molecular flexibility index (Phi) is 3.74. The van der Waals surface area contributed by atoms with Crippen LogP contribution in [0.2, 0.25) is 0 Å². The molecule has 1 unspecified atom stereocenters. The van der Waals surface area contributed by atoms with Crippen LogP contribution in [0.25, 0.3) is 0 Å². The minimum absolute atomic E-state index is 0.164. The van der Waals surface area contributed by atoms with E-state index in [1.165, 1.54) is 29.3 Å². The van der Waals surface area contributed by atoms with E-state index in [1.54, 1.807) is 12.1 Å². The number of nitrogens with zero attached hydrogens (tertiary/aromatic N) is 2. The second-order valence-electron chi connectivity index (χ2n) is 6.67. The molecule has 0 bridgehead atoms. The van der Waals surface area contributed by atoms with Gasteiger partial charge in [0.05, 0.1) is 5.69 Å². The van der Waals surface area contributed by atoms with Gasteiger partial charge in [0, 0.05) is 24.7 Å².